The Morgan fingerprint density at radius 3 is 2.52 bits per heavy atom. The largest absolute Gasteiger partial charge is 0.371 e. The molecule has 21 heavy (non-hydrogen) atoms. The van der Waals surface area contributed by atoms with Crippen molar-refractivity contribution in [1.29, 1.82) is 0 Å². The molecule has 0 atom stereocenters. The van der Waals surface area contributed by atoms with E-state index in [9.17, 15) is 8.78 Å². The first kappa shape index (κ1) is 16.2. The number of hydrogen-bond acceptors (Lipinski definition) is 2. The Hall–Kier alpha value is -1.16. The maximum atomic E-state index is 12.3. The topological polar surface area (TPSA) is 15.3 Å². The van der Waals surface area contributed by atoms with Gasteiger partial charge in [0, 0.05) is 30.7 Å². The first-order valence-electron chi connectivity index (χ1n) is 7.94. The standard InChI is InChI=1S/C17H26F2N2/c1-4-17(5-2)12-21(6-3)14-9-7-8-13(16(14)17)10-20-11-15(18)19/h7-9,15,20H,4-6,10-12H2,1-3H3. The van der Waals surface area contributed by atoms with E-state index < -0.39 is 6.43 Å². The third kappa shape index (κ3) is 3.05. The summed E-state index contributed by atoms with van der Waals surface area (Å²) in [5.74, 6) is 0. The predicted molar refractivity (Wildman–Crippen MR) is 84.3 cm³/mol. The summed E-state index contributed by atoms with van der Waals surface area (Å²) in [6, 6.07) is 6.29. The molecule has 0 amide bonds. The van der Waals surface area contributed by atoms with E-state index in [1.54, 1.807) is 0 Å². The molecule has 1 aliphatic rings. The number of anilines is 1. The molecule has 0 aliphatic carbocycles. The second-order valence-electron chi connectivity index (χ2n) is 5.83. The van der Waals surface area contributed by atoms with Crippen LogP contribution in [0.25, 0.3) is 0 Å². The normalized spacial score (nSPS) is 16.6. The van der Waals surface area contributed by atoms with Crippen molar-refractivity contribution < 1.29 is 8.78 Å². The summed E-state index contributed by atoms with van der Waals surface area (Å²) >= 11 is 0. The molecule has 0 saturated heterocycles. The van der Waals surface area contributed by atoms with Crippen LogP contribution in [0.3, 0.4) is 0 Å². The number of nitrogens with one attached hydrogen (secondary N) is 1. The fraction of sp³-hybridized carbons (Fsp3) is 0.647. The fourth-order valence-corrected chi connectivity index (χ4v) is 3.56. The van der Waals surface area contributed by atoms with Gasteiger partial charge in [-0.3, -0.25) is 0 Å². The number of rotatable bonds is 7. The maximum absolute atomic E-state index is 12.3. The summed E-state index contributed by atoms with van der Waals surface area (Å²) < 4.78 is 24.7. The van der Waals surface area contributed by atoms with E-state index in [0.717, 1.165) is 25.9 Å². The second-order valence-corrected chi connectivity index (χ2v) is 5.83. The van der Waals surface area contributed by atoms with Gasteiger partial charge in [0.2, 0.25) is 0 Å². The number of hydrogen-bond donors (Lipinski definition) is 1. The summed E-state index contributed by atoms with van der Waals surface area (Å²) in [6.45, 7) is 8.94. The minimum Gasteiger partial charge on any atom is -0.371 e. The molecule has 0 aromatic heterocycles. The van der Waals surface area contributed by atoms with Gasteiger partial charge >= 0.3 is 0 Å². The van der Waals surface area contributed by atoms with Crippen LogP contribution in [0.15, 0.2) is 18.2 Å². The van der Waals surface area contributed by atoms with Crippen LogP contribution >= 0.6 is 0 Å². The highest BCUT2D eigenvalue weighted by atomic mass is 19.3. The van der Waals surface area contributed by atoms with Crippen molar-refractivity contribution >= 4 is 5.69 Å². The molecule has 0 unspecified atom stereocenters. The van der Waals surface area contributed by atoms with Gasteiger partial charge in [-0.25, -0.2) is 8.78 Å². The van der Waals surface area contributed by atoms with Gasteiger partial charge in [-0.1, -0.05) is 26.0 Å². The van der Waals surface area contributed by atoms with Gasteiger partial charge in [0.15, 0.2) is 0 Å². The third-order valence-electron chi connectivity index (χ3n) is 4.84. The molecule has 1 N–H and O–H groups in total. The number of halogens is 2. The highest BCUT2D eigenvalue weighted by molar-refractivity contribution is 5.65. The molecule has 0 radical (unpaired) electrons. The predicted octanol–water partition coefficient (Wildman–Crippen LogP) is 3.94. The zero-order chi connectivity index (χ0) is 15.5. The summed E-state index contributed by atoms with van der Waals surface area (Å²) in [7, 11) is 0. The fourth-order valence-electron chi connectivity index (χ4n) is 3.56. The van der Waals surface area contributed by atoms with E-state index in [1.807, 2.05) is 6.07 Å². The number of nitrogens with zero attached hydrogens (tertiary/aromatic N) is 1. The van der Waals surface area contributed by atoms with E-state index in [1.165, 1.54) is 16.8 Å². The zero-order valence-corrected chi connectivity index (χ0v) is 13.3. The minimum absolute atomic E-state index is 0.161. The molecule has 2 rings (SSSR count). The molecule has 1 aromatic carbocycles. The summed E-state index contributed by atoms with van der Waals surface area (Å²) in [4.78, 5) is 2.42. The lowest BCUT2D eigenvalue weighted by atomic mass is 9.75. The lowest BCUT2D eigenvalue weighted by Gasteiger charge is -2.29. The van der Waals surface area contributed by atoms with Crippen LogP contribution in [-0.4, -0.2) is 26.1 Å². The van der Waals surface area contributed by atoms with Gasteiger partial charge in [0.1, 0.15) is 0 Å². The van der Waals surface area contributed by atoms with Crippen molar-refractivity contribution in [2.75, 3.05) is 24.5 Å². The first-order valence-corrected chi connectivity index (χ1v) is 7.94. The Labute approximate surface area is 126 Å². The highest BCUT2D eigenvalue weighted by Gasteiger charge is 2.40. The molecule has 1 aromatic rings. The van der Waals surface area contributed by atoms with Crippen LogP contribution in [0.4, 0.5) is 14.5 Å². The number of alkyl halides is 2. The average molecular weight is 296 g/mol. The maximum Gasteiger partial charge on any atom is 0.250 e. The second kappa shape index (κ2) is 6.73. The number of fused-ring (bicyclic) bond motifs is 1. The summed E-state index contributed by atoms with van der Waals surface area (Å²) in [5, 5.41) is 2.88. The molecular formula is C17H26F2N2. The summed E-state index contributed by atoms with van der Waals surface area (Å²) in [6.07, 6.45) is -0.131. The van der Waals surface area contributed by atoms with Crippen molar-refractivity contribution in [3.05, 3.63) is 29.3 Å². The van der Waals surface area contributed by atoms with Crippen molar-refractivity contribution in [3.63, 3.8) is 0 Å². The van der Waals surface area contributed by atoms with Crippen molar-refractivity contribution in [3.8, 4) is 0 Å². The lowest BCUT2D eigenvalue weighted by molar-refractivity contribution is 0.145. The van der Waals surface area contributed by atoms with Gasteiger partial charge in [-0.2, -0.15) is 0 Å². The van der Waals surface area contributed by atoms with Crippen molar-refractivity contribution in [2.24, 2.45) is 0 Å². The van der Waals surface area contributed by atoms with Crippen LogP contribution in [0, 0.1) is 0 Å². The molecule has 0 fully saturated rings. The quantitative estimate of drug-likeness (QED) is 0.820. The van der Waals surface area contributed by atoms with E-state index in [2.05, 4.69) is 43.1 Å². The Kier molecular flexibility index (Phi) is 5.20. The Bertz CT molecular complexity index is 470. The van der Waals surface area contributed by atoms with Gasteiger partial charge in [-0.15, -0.1) is 0 Å². The Morgan fingerprint density at radius 1 is 1.24 bits per heavy atom. The van der Waals surface area contributed by atoms with Crippen molar-refractivity contribution in [2.45, 2.75) is 52.0 Å². The van der Waals surface area contributed by atoms with Crippen LogP contribution in [0.5, 0.6) is 0 Å². The molecule has 0 saturated carbocycles. The SMILES string of the molecule is CCN1CC(CC)(CC)c2c(CNCC(F)F)cccc21. The summed E-state index contributed by atoms with van der Waals surface area (Å²) in [5.41, 5.74) is 4.00. The molecular weight excluding hydrogens is 270 g/mol. The molecule has 118 valence electrons. The Balaban J connectivity index is 2.34. The number of benzene rings is 1. The third-order valence-corrected chi connectivity index (χ3v) is 4.84. The Morgan fingerprint density at radius 2 is 1.95 bits per heavy atom. The lowest BCUT2D eigenvalue weighted by Crippen LogP contribution is -2.33. The van der Waals surface area contributed by atoms with E-state index in [0.29, 0.717) is 6.54 Å². The monoisotopic (exact) mass is 296 g/mol. The van der Waals surface area contributed by atoms with Crippen LogP contribution < -0.4 is 10.2 Å². The van der Waals surface area contributed by atoms with E-state index in [4.69, 9.17) is 0 Å². The molecule has 1 heterocycles. The zero-order valence-electron chi connectivity index (χ0n) is 13.3. The van der Waals surface area contributed by atoms with E-state index in [-0.39, 0.29) is 12.0 Å². The first-order chi connectivity index (χ1) is 10.1. The van der Waals surface area contributed by atoms with Gasteiger partial charge in [0.25, 0.3) is 6.43 Å². The minimum atomic E-state index is -2.30. The van der Waals surface area contributed by atoms with Gasteiger partial charge in [0.05, 0.1) is 6.54 Å². The molecule has 4 heteroatoms. The average Bonchev–Trinajstić information content (AvgIpc) is 2.82. The van der Waals surface area contributed by atoms with Gasteiger partial charge in [-0.05, 0) is 37.0 Å². The van der Waals surface area contributed by atoms with Crippen LogP contribution in [0.1, 0.15) is 44.7 Å². The molecule has 0 bridgehead atoms. The van der Waals surface area contributed by atoms with Crippen molar-refractivity contribution in [1.82, 2.24) is 5.32 Å². The molecule has 2 nitrogen and oxygen atoms in total. The molecule has 1 aliphatic heterocycles. The van der Waals surface area contributed by atoms with Crippen LogP contribution in [0.2, 0.25) is 0 Å². The smallest absolute Gasteiger partial charge is 0.250 e. The number of likely N-dealkylation sites (N-methyl/N-ethyl adjacent to an activating group) is 1. The molecule has 0 spiro atoms. The van der Waals surface area contributed by atoms with Gasteiger partial charge < -0.3 is 10.2 Å². The van der Waals surface area contributed by atoms with E-state index >= 15 is 0 Å². The van der Waals surface area contributed by atoms with Crippen LogP contribution in [-0.2, 0) is 12.0 Å². The highest BCUT2D eigenvalue weighted by Crippen LogP contribution is 2.46.